The van der Waals surface area contributed by atoms with Crippen molar-refractivity contribution >= 4 is 11.9 Å². The van der Waals surface area contributed by atoms with Crippen molar-refractivity contribution in [2.24, 2.45) is 11.7 Å². The molecule has 0 aliphatic rings. The van der Waals surface area contributed by atoms with Crippen LogP contribution >= 0.6 is 0 Å². The first kappa shape index (κ1) is 15.2. The van der Waals surface area contributed by atoms with Gasteiger partial charge in [-0.1, -0.05) is 37.3 Å². The second kappa shape index (κ2) is 6.89. The Morgan fingerprint density at radius 2 is 1.84 bits per heavy atom. The summed E-state index contributed by atoms with van der Waals surface area (Å²) in [7, 11) is 0. The lowest BCUT2D eigenvalue weighted by Gasteiger charge is -2.19. The number of nitrogens with two attached hydrogens (primary N) is 1. The van der Waals surface area contributed by atoms with Gasteiger partial charge in [-0.15, -0.1) is 0 Å². The van der Waals surface area contributed by atoms with Crippen LogP contribution in [-0.4, -0.2) is 23.0 Å². The van der Waals surface area contributed by atoms with E-state index in [1.807, 2.05) is 37.3 Å². The van der Waals surface area contributed by atoms with Crippen LogP contribution in [0.5, 0.6) is 0 Å². The SMILES string of the molecule is CC(C[C@H](N)C(=O)O)C(=O)NC(C)c1ccccc1. The molecule has 19 heavy (non-hydrogen) atoms. The highest BCUT2D eigenvalue weighted by Gasteiger charge is 2.22. The number of rotatable bonds is 6. The highest BCUT2D eigenvalue weighted by molar-refractivity contribution is 5.80. The molecule has 0 bridgehead atoms. The van der Waals surface area contributed by atoms with Gasteiger partial charge in [0.2, 0.25) is 5.91 Å². The Balaban J connectivity index is 2.53. The Bertz CT molecular complexity index is 434. The topological polar surface area (TPSA) is 92.4 Å². The number of nitrogens with one attached hydrogen (secondary N) is 1. The zero-order chi connectivity index (χ0) is 14.4. The summed E-state index contributed by atoms with van der Waals surface area (Å²) >= 11 is 0. The third-order valence-electron chi connectivity index (χ3n) is 3.03. The van der Waals surface area contributed by atoms with Gasteiger partial charge in [0, 0.05) is 5.92 Å². The van der Waals surface area contributed by atoms with Gasteiger partial charge in [0.15, 0.2) is 0 Å². The van der Waals surface area contributed by atoms with Crippen LogP contribution in [0, 0.1) is 5.92 Å². The van der Waals surface area contributed by atoms with Gasteiger partial charge in [-0.2, -0.15) is 0 Å². The maximum absolute atomic E-state index is 11.9. The molecule has 3 atom stereocenters. The van der Waals surface area contributed by atoms with Crippen LogP contribution in [0.25, 0.3) is 0 Å². The molecule has 1 aromatic rings. The third-order valence-corrected chi connectivity index (χ3v) is 3.03. The van der Waals surface area contributed by atoms with Crippen molar-refractivity contribution in [3.63, 3.8) is 0 Å². The third kappa shape index (κ3) is 4.71. The van der Waals surface area contributed by atoms with E-state index in [9.17, 15) is 9.59 Å². The molecule has 0 heterocycles. The van der Waals surface area contributed by atoms with Crippen LogP contribution in [0.15, 0.2) is 30.3 Å². The van der Waals surface area contributed by atoms with E-state index in [-0.39, 0.29) is 18.4 Å². The molecule has 0 aliphatic heterocycles. The van der Waals surface area contributed by atoms with E-state index < -0.39 is 17.9 Å². The maximum Gasteiger partial charge on any atom is 0.320 e. The zero-order valence-electron chi connectivity index (χ0n) is 11.2. The summed E-state index contributed by atoms with van der Waals surface area (Å²) in [4.78, 5) is 22.6. The van der Waals surface area contributed by atoms with E-state index in [2.05, 4.69) is 5.32 Å². The average Bonchev–Trinajstić information content (AvgIpc) is 2.39. The van der Waals surface area contributed by atoms with E-state index in [0.29, 0.717) is 0 Å². The van der Waals surface area contributed by atoms with Gasteiger partial charge in [0.05, 0.1) is 6.04 Å². The molecule has 1 amide bonds. The number of carbonyl (C=O) groups excluding carboxylic acids is 1. The molecule has 0 aliphatic carbocycles. The largest absolute Gasteiger partial charge is 0.480 e. The molecule has 2 unspecified atom stereocenters. The van der Waals surface area contributed by atoms with E-state index >= 15 is 0 Å². The minimum atomic E-state index is -1.09. The fourth-order valence-electron chi connectivity index (χ4n) is 1.77. The summed E-state index contributed by atoms with van der Waals surface area (Å²) in [5, 5.41) is 11.6. The Morgan fingerprint density at radius 1 is 1.26 bits per heavy atom. The first-order valence-electron chi connectivity index (χ1n) is 6.25. The lowest BCUT2D eigenvalue weighted by molar-refractivity contribution is -0.139. The Morgan fingerprint density at radius 3 is 2.37 bits per heavy atom. The van der Waals surface area contributed by atoms with Crippen molar-refractivity contribution in [3.05, 3.63) is 35.9 Å². The number of amides is 1. The zero-order valence-corrected chi connectivity index (χ0v) is 11.2. The minimum absolute atomic E-state index is 0.114. The number of benzene rings is 1. The molecule has 0 saturated carbocycles. The molecule has 5 nitrogen and oxygen atoms in total. The molecule has 104 valence electrons. The molecule has 0 radical (unpaired) electrons. The van der Waals surface area contributed by atoms with Crippen LogP contribution in [0.4, 0.5) is 0 Å². The average molecular weight is 264 g/mol. The van der Waals surface area contributed by atoms with Gasteiger partial charge in [-0.25, -0.2) is 0 Å². The monoisotopic (exact) mass is 264 g/mol. The summed E-state index contributed by atoms with van der Waals surface area (Å²) in [6.07, 6.45) is 0.128. The van der Waals surface area contributed by atoms with Crippen LogP contribution in [-0.2, 0) is 9.59 Å². The van der Waals surface area contributed by atoms with Gasteiger partial charge in [0.1, 0.15) is 6.04 Å². The highest BCUT2D eigenvalue weighted by atomic mass is 16.4. The number of carboxylic acids is 1. The summed E-state index contributed by atoms with van der Waals surface area (Å²) in [6, 6.07) is 8.46. The van der Waals surface area contributed by atoms with Gasteiger partial charge in [-0.05, 0) is 18.9 Å². The van der Waals surface area contributed by atoms with Crippen LogP contribution in [0.3, 0.4) is 0 Å². The molecule has 0 fully saturated rings. The van der Waals surface area contributed by atoms with Crippen LogP contribution in [0.2, 0.25) is 0 Å². The van der Waals surface area contributed by atoms with E-state index in [1.54, 1.807) is 6.92 Å². The summed E-state index contributed by atoms with van der Waals surface area (Å²) in [6.45, 7) is 3.56. The maximum atomic E-state index is 11.9. The first-order valence-corrected chi connectivity index (χ1v) is 6.25. The van der Waals surface area contributed by atoms with Gasteiger partial charge in [-0.3, -0.25) is 9.59 Å². The molecule has 1 aromatic carbocycles. The molecule has 5 heteroatoms. The quantitative estimate of drug-likeness (QED) is 0.722. The van der Waals surface area contributed by atoms with E-state index in [0.717, 1.165) is 5.56 Å². The van der Waals surface area contributed by atoms with E-state index in [1.165, 1.54) is 0 Å². The number of hydrogen-bond acceptors (Lipinski definition) is 3. The number of carboxylic acid groups (broad SMARTS) is 1. The van der Waals surface area contributed by atoms with Crippen molar-refractivity contribution in [2.45, 2.75) is 32.4 Å². The number of aliphatic carboxylic acids is 1. The normalized spacial score (nSPS) is 15.3. The molecule has 0 aromatic heterocycles. The van der Waals surface area contributed by atoms with Crippen molar-refractivity contribution in [3.8, 4) is 0 Å². The molecule has 1 rings (SSSR count). The lowest BCUT2D eigenvalue weighted by atomic mass is 10.0. The summed E-state index contributed by atoms with van der Waals surface area (Å²) in [5.41, 5.74) is 6.42. The number of hydrogen-bond donors (Lipinski definition) is 3. The fraction of sp³-hybridized carbons (Fsp3) is 0.429. The lowest BCUT2D eigenvalue weighted by Crippen LogP contribution is -2.38. The molecule has 4 N–H and O–H groups in total. The summed E-state index contributed by atoms with van der Waals surface area (Å²) < 4.78 is 0. The standard InChI is InChI=1S/C14H20N2O3/c1-9(8-12(15)14(18)19)13(17)16-10(2)11-6-4-3-5-7-11/h3-7,9-10,12H,8,15H2,1-2H3,(H,16,17)(H,18,19)/t9?,10?,12-/m0/s1. The Labute approximate surface area is 112 Å². The van der Waals surface area contributed by atoms with E-state index in [4.69, 9.17) is 10.8 Å². The Kier molecular flexibility index (Phi) is 5.51. The van der Waals surface area contributed by atoms with Crippen LogP contribution < -0.4 is 11.1 Å². The molecular weight excluding hydrogens is 244 g/mol. The van der Waals surface area contributed by atoms with Crippen molar-refractivity contribution < 1.29 is 14.7 Å². The van der Waals surface area contributed by atoms with Crippen molar-refractivity contribution in [1.82, 2.24) is 5.32 Å². The second-order valence-corrected chi connectivity index (χ2v) is 4.72. The Hall–Kier alpha value is -1.88. The van der Waals surface area contributed by atoms with Gasteiger partial charge in [0.25, 0.3) is 0 Å². The van der Waals surface area contributed by atoms with Gasteiger partial charge < -0.3 is 16.2 Å². The number of carbonyl (C=O) groups is 2. The smallest absolute Gasteiger partial charge is 0.320 e. The second-order valence-electron chi connectivity index (χ2n) is 4.72. The molecule has 0 saturated heterocycles. The van der Waals surface area contributed by atoms with Gasteiger partial charge >= 0.3 is 5.97 Å². The molecular formula is C14H20N2O3. The van der Waals surface area contributed by atoms with Crippen LogP contribution in [0.1, 0.15) is 31.9 Å². The fourth-order valence-corrected chi connectivity index (χ4v) is 1.77. The predicted octanol–water partition coefficient (Wildman–Crippen LogP) is 1.30. The summed E-state index contributed by atoms with van der Waals surface area (Å²) in [5.74, 6) is -1.71. The first-order chi connectivity index (χ1) is 8.91. The van der Waals surface area contributed by atoms with Crippen molar-refractivity contribution in [1.29, 1.82) is 0 Å². The molecule has 0 spiro atoms. The highest BCUT2D eigenvalue weighted by Crippen LogP contribution is 2.13. The van der Waals surface area contributed by atoms with Crippen molar-refractivity contribution in [2.75, 3.05) is 0 Å². The predicted molar refractivity (Wildman–Crippen MR) is 72.4 cm³/mol. The minimum Gasteiger partial charge on any atom is -0.480 e.